The zero-order chi connectivity index (χ0) is 12.0. The van der Waals surface area contributed by atoms with Crippen LogP contribution in [0.1, 0.15) is 26.7 Å². The number of likely N-dealkylation sites (tertiary alicyclic amines) is 1. The van der Waals surface area contributed by atoms with Crippen molar-refractivity contribution < 1.29 is 5.11 Å². The van der Waals surface area contributed by atoms with Crippen molar-refractivity contribution >= 4 is 11.8 Å². The van der Waals surface area contributed by atoms with Gasteiger partial charge in [0.2, 0.25) is 0 Å². The number of hydrogen-bond acceptors (Lipinski definition) is 4. The van der Waals surface area contributed by atoms with Gasteiger partial charge in [-0.2, -0.15) is 11.8 Å². The minimum absolute atomic E-state index is 0.263. The maximum Gasteiger partial charge on any atom is 0.0585 e. The van der Waals surface area contributed by atoms with E-state index in [1.165, 1.54) is 13.0 Å². The van der Waals surface area contributed by atoms with Crippen LogP contribution in [0, 0.1) is 0 Å². The maximum absolute atomic E-state index is 9.30. The number of thioether (sulfide) groups is 1. The van der Waals surface area contributed by atoms with E-state index in [-0.39, 0.29) is 12.6 Å². The molecule has 1 fully saturated rings. The van der Waals surface area contributed by atoms with Crippen molar-refractivity contribution in [2.24, 2.45) is 0 Å². The van der Waals surface area contributed by atoms with Crippen LogP contribution in [0.25, 0.3) is 0 Å². The van der Waals surface area contributed by atoms with Gasteiger partial charge in [-0.05, 0) is 45.2 Å². The molecule has 2 N–H and O–H groups in total. The lowest BCUT2D eigenvalue weighted by Gasteiger charge is -2.23. The Labute approximate surface area is 104 Å². The Morgan fingerprint density at radius 2 is 2.25 bits per heavy atom. The third-order valence-electron chi connectivity index (χ3n) is 3.31. The van der Waals surface area contributed by atoms with Gasteiger partial charge in [0, 0.05) is 24.7 Å². The Morgan fingerprint density at radius 3 is 2.75 bits per heavy atom. The molecule has 1 saturated heterocycles. The molecule has 16 heavy (non-hydrogen) atoms. The zero-order valence-corrected chi connectivity index (χ0v) is 11.6. The fourth-order valence-corrected chi connectivity index (χ4v) is 2.73. The van der Waals surface area contributed by atoms with Gasteiger partial charge in [0.1, 0.15) is 0 Å². The predicted octanol–water partition coefficient (Wildman–Crippen LogP) is 1.17. The summed E-state index contributed by atoms with van der Waals surface area (Å²) < 4.78 is 0. The van der Waals surface area contributed by atoms with Crippen LogP contribution in [-0.2, 0) is 0 Å². The standard InChI is InChI=1S/C12H26N2OS/c1-10(2)14-6-4-11(8-14)13-12(9-15)5-7-16-3/h10-13,15H,4-9H2,1-3H3. The van der Waals surface area contributed by atoms with Gasteiger partial charge in [0.05, 0.1) is 6.61 Å². The summed E-state index contributed by atoms with van der Waals surface area (Å²) in [5, 5.41) is 12.9. The number of hydrogen-bond donors (Lipinski definition) is 2. The second kappa shape index (κ2) is 7.54. The fraction of sp³-hybridized carbons (Fsp3) is 1.00. The van der Waals surface area contributed by atoms with Crippen LogP contribution in [-0.4, -0.2) is 59.8 Å². The summed E-state index contributed by atoms with van der Waals surface area (Å²) >= 11 is 1.85. The second-order valence-electron chi connectivity index (χ2n) is 4.90. The van der Waals surface area contributed by atoms with Gasteiger partial charge in [-0.25, -0.2) is 0 Å². The van der Waals surface area contributed by atoms with Crippen LogP contribution in [0.3, 0.4) is 0 Å². The second-order valence-corrected chi connectivity index (χ2v) is 5.89. The number of nitrogens with zero attached hydrogens (tertiary/aromatic N) is 1. The molecule has 0 radical (unpaired) electrons. The summed E-state index contributed by atoms with van der Waals surface area (Å²) in [4.78, 5) is 2.50. The molecule has 0 aliphatic carbocycles. The van der Waals surface area contributed by atoms with E-state index in [2.05, 4.69) is 30.3 Å². The topological polar surface area (TPSA) is 35.5 Å². The van der Waals surface area contributed by atoms with E-state index >= 15 is 0 Å². The lowest BCUT2D eigenvalue weighted by atomic mass is 10.2. The highest BCUT2D eigenvalue weighted by atomic mass is 32.2. The monoisotopic (exact) mass is 246 g/mol. The molecular weight excluding hydrogens is 220 g/mol. The first-order valence-corrected chi connectivity index (χ1v) is 7.66. The average molecular weight is 246 g/mol. The molecule has 3 nitrogen and oxygen atoms in total. The molecule has 1 aliphatic heterocycles. The van der Waals surface area contributed by atoms with Crippen molar-refractivity contribution in [1.29, 1.82) is 0 Å². The van der Waals surface area contributed by atoms with E-state index < -0.39 is 0 Å². The summed E-state index contributed by atoms with van der Waals surface area (Å²) in [6.07, 6.45) is 4.40. The molecule has 1 aliphatic rings. The van der Waals surface area contributed by atoms with E-state index in [0.29, 0.717) is 12.1 Å². The molecule has 0 bridgehead atoms. The van der Waals surface area contributed by atoms with Gasteiger partial charge in [-0.3, -0.25) is 4.90 Å². The van der Waals surface area contributed by atoms with Crippen LogP contribution < -0.4 is 5.32 Å². The van der Waals surface area contributed by atoms with Gasteiger partial charge >= 0.3 is 0 Å². The molecule has 1 rings (SSSR count). The number of rotatable bonds is 7. The van der Waals surface area contributed by atoms with E-state index in [4.69, 9.17) is 0 Å². The van der Waals surface area contributed by atoms with Crippen LogP contribution in [0.4, 0.5) is 0 Å². The highest BCUT2D eigenvalue weighted by Crippen LogP contribution is 2.13. The first-order valence-electron chi connectivity index (χ1n) is 6.27. The molecule has 0 amide bonds. The van der Waals surface area contributed by atoms with E-state index in [1.807, 2.05) is 11.8 Å². The van der Waals surface area contributed by atoms with Crippen molar-refractivity contribution in [3.8, 4) is 0 Å². The van der Waals surface area contributed by atoms with Crippen molar-refractivity contribution in [3.05, 3.63) is 0 Å². The smallest absolute Gasteiger partial charge is 0.0585 e. The van der Waals surface area contributed by atoms with Crippen molar-refractivity contribution in [3.63, 3.8) is 0 Å². The van der Waals surface area contributed by atoms with E-state index in [9.17, 15) is 5.11 Å². The van der Waals surface area contributed by atoms with Crippen LogP contribution in [0.15, 0.2) is 0 Å². The third-order valence-corrected chi connectivity index (χ3v) is 3.96. The summed E-state index contributed by atoms with van der Waals surface area (Å²) in [5.41, 5.74) is 0. The summed E-state index contributed by atoms with van der Waals surface area (Å²) in [6.45, 7) is 7.08. The largest absolute Gasteiger partial charge is 0.395 e. The van der Waals surface area contributed by atoms with Crippen LogP contribution in [0.5, 0.6) is 0 Å². The molecule has 0 aromatic heterocycles. The zero-order valence-electron chi connectivity index (χ0n) is 10.8. The minimum atomic E-state index is 0.263. The minimum Gasteiger partial charge on any atom is -0.395 e. The van der Waals surface area contributed by atoms with Gasteiger partial charge in [-0.1, -0.05) is 0 Å². The van der Waals surface area contributed by atoms with E-state index in [0.717, 1.165) is 18.7 Å². The normalized spacial score (nSPS) is 24.2. The Kier molecular flexibility index (Phi) is 6.73. The molecular formula is C12H26N2OS. The Bertz CT molecular complexity index is 190. The van der Waals surface area contributed by atoms with Gasteiger partial charge < -0.3 is 10.4 Å². The number of aliphatic hydroxyl groups is 1. The molecule has 1 heterocycles. The SMILES string of the molecule is CSCCC(CO)NC1CCN(C(C)C)C1. The first kappa shape index (κ1) is 14.3. The number of aliphatic hydroxyl groups excluding tert-OH is 1. The molecule has 2 unspecified atom stereocenters. The van der Waals surface area contributed by atoms with Crippen LogP contribution in [0.2, 0.25) is 0 Å². The highest BCUT2D eigenvalue weighted by Gasteiger charge is 2.25. The summed E-state index contributed by atoms with van der Waals surface area (Å²) in [5.74, 6) is 1.12. The van der Waals surface area contributed by atoms with Gasteiger partial charge in [0.15, 0.2) is 0 Å². The average Bonchev–Trinajstić information content (AvgIpc) is 2.72. The maximum atomic E-state index is 9.30. The molecule has 4 heteroatoms. The molecule has 0 aromatic carbocycles. The third kappa shape index (κ3) is 4.62. The highest BCUT2D eigenvalue weighted by molar-refractivity contribution is 7.98. The van der Waals surface area contributed by atoms with Crippen LogP contribution >= 0.6 is 11.8 Å². The Morgan fingerprint density at radius 1 is 1.50 bits per heavy atom. The van der Waals surface area contributed by atoms with Crippen molar-refractivity contribution in [2.75, 3.05) is 31.7 Å². The van der Waals surface area contributed by atoms with Crippen molar-refractivity contribution in [1.82, 2.24) is 10.2 Å². The summed E-state index contributed by atoms with van der Waals surface area (Å²) in [6, 6.07) is 1.50. The van der Waals surface area contributed by atoms with Crippen molar-refractivity contribution in [2.45, 2.75) is 44.8 Å². The lowest BCUT2D eigenvalue weighted by molar-refractivity contribution is 0.221. The predicted molar refractivity (Wildman–Crippen MR) is 72.1 cm³/mol. The first-order chi connectivity index (χ1) is 7.67. The Hall–Kier alpha value is 0.230. The quantitative estimate of drug-likeness (QED) is 0.707. The molecule has 2 atom stereocenters. The molecule has 96 valence electrons. The van der Waals surface area contributed by atoms with E-state index in [1.54, 1.807) is 0 Å². The summed E-state index contributed by atoms with van der Waals surface area (Å²) in [7, 11) is 0. The molecule has 0 aromatic rings. The number of nitrogens with one attached hydrogen (secondary N) is 1. The fourth-order valence-electron chi connectivity index (χ4n) is 2.21. The lowest BCUT2D eigenvalue weighted by Crippen LogP contribution is -2.43. The molecule has 0 spiro atoms. The molecule has 0 saturated carbocycles. The van der Waals surface area contributed by atoms with Gasteiger partial charge in [0.25, 0.3) is 0 Å². The Balaban J connectivity index is 2.25. The van der Waals surface area contributed by atoms with Gasteiger partial charge in [-0.15, -0.1) is 0 Å².